The third-order valence-electron chi connectivity index (χ3n) is 2.10. The summed E-state index contributed by atoms with van der Waals surface area (Å²) in [6.07, 6.45) is 0. The second kappa shape index (κ2) is 6.00. The molecule has 1 aromatic rings. The Morgan fingerprint density at radius 2 is 2.05 bits per heavy atom. The normalized spacial score (nSPS) is 11.1. The summed E-state index contributed by atoms with van der Waals surface area (Å²) in [4.78, 5) is 21.2. The molecule has 2 N–H and O–H groups in total. The van der Waals surface area contributed by atoms with Crippen molar-refractivity contribution in [3.8, 4) is 0 Å². The van der Waals surface area contributed by atoms with Crippen molar-refractivity contribution in [1.82, 2.24) is 4.72 Å². The van der Waals surface area contributed by atoms with Crippen LogP contribution in [0.4, 0.5) is 0 Å². The van der Waals surface area contributed by atoms with Gasteiger partial charge in [-0.25, -0.2) is 13.2 Å². The van der Waals surface area contributed by atoms with Crippen LogP contribution in [0.25, 0.3) is 0 Å². The molecule has 0 aliphatic heterocycles. The summed E-state index contributed by atoms with van der Waals surface area (Å²) >= 11 is 5.71. The monoisotopic (exact) mass is 307 g/mol. The zero-order valence-electron chi connectivity index (χ0n) is 9.71. The SMILES string of the molecule is COC(=O)CNS(=O)(=O)c1cc(C(=O)O)ccc1Cl. The molecule has 0 aromatic heterocycles. The lowest BCUT2D eigenvalue weighted by atomic mass is 10.2. The highest BCUT2D eigenvalue weighted by atomic mass is 35.5. The predicted molar refractivity (Wildman–Crippen MR) is 65.6 cm³/mol. The summed E-state index contributed by atoms with van der Waals surface area (Å²) < 4.78 is 29.9. The molecule has 0 amide bonds. The van der Waals surface area contributed by atoms with Crippen LogP contribution in [-0.4, -0.2) is 39.1 Å². The minimum atomic E-state index is -4.10. The number of aromatic carboxylic acids is 1. The first kappa shape index (κ1) is 15.4. The Labute approximate surface area is 114 Å². The van der Waals surface area contributed by atoms with Crippen LogP contribution in [0.3, 0.4) is 0 Å². The van der Waals surface area contributed by atoms with Crippen molar-refractivity contribution in [2.24, 2.45) is 0 Å². The average molecular weight is 308 g/mol. The molecule has 0 unspecified atom stereocenters. The molecular weight excluding hydrogens is 298 g/mol. The highest BCUT2D eigenvalue weighted by Gasteiger charge is 2.20. The Morgan fingerprint density at radius 3 is 2.58 bits per heavy atom. The van der Waals surface area contributed by atoms with Crippen molar-refractivity contribution in [3.63, 3.8) is 0 Å². The van der Waals surface area contributed by atoms with Gasteiger partial charge in [-0.15, -0.1) is 0 Å². The van der Waals surface area contributed by atoms with E-state index in [1.54, 1.807) is 0 Å². The maximum absolute atomic E-state index is 11.9. The van der Waals surface area contributed by atoms with E-state index in [1.165, 1.54) is 6.07 Å². The standard InChI is InChI=1S/C10H10ClNO6S/c1-18-9(13)5-12-19(16,17)8-4-6(10(14)15)2-3-7(8)11/h2-4,12H,5H2,1H3,(H,14,15). The van der Waals surface area contributed by atoms with E-state index in [9.17, 15) is 18.0 Å². The number of carboxylic acids is 1. The van der Waals surface area contributed by atoms with Crippen LogP contribution in [0.2, 0.25) is 5.02 Å². The fourth-order valence-corrected chi connectivity index (χ4v) is 2.64. The first-order valence-electron chi connectivity index (χ1n) is 4.87. The summed E-state index contributed by atoms with van der Waals surface area (Å²) in [5.41, 5.74) is -0.233. The molecule has 1 aromatic carbocycles. The highest BCUT2D eigenvalue weighted by Crippen LogP contribution is 2.22. The molecule has 0 saturated heterocycles. The molecule has 0 radical (unpaired) electrons. The number of hydrogen-bond donors (Lipinski definition) is 2. The van der Waals surface area contributed by atoms with Crippen molar-refractivity contribution >= 4 is 33.6 Å². The van der Waals surface area contributed by atoms with E-state index in [2.05, 4.69) is 4.74 Å². The van der Waals surface area contributed by atoms with E-state index >= 15 is 0 Å². The molecule has 0 saturated carbocycles. The lowest BCUT2D eigenvalue weighted by Crippen LogP contribution is -2.30. The van der Waals surface area contributed by atoms with Crippen LogP contribution in [0.5, 0.6) is 0 Å². The van der Waals surface area contributed by atoms with Crippen molar-refractivity contribution in [3.05, 3.63) is 28.8 Å². The number of carbonyl (C=O) groups excluding carboxylic acids is 1. The third kappa shape index (κ3) is 3.91. The molecule has 0 fully saturated rings. The molecule has 104 valence electrons. The van der Waals surface area contributed by atoms with Crippen LogP contribution >= 0.6 is 11.6 Å². The van der Waals surface area contributed by atoms with E-state index in [0.717, 1.165) is 19.2 Å². The second-order valence-electron chi connectivity index (χ2n) is 3.35. The number of nitrogens with one attached hydrogen (secondary N) is 1. The molecule has 0 heterocycles. The first-order chi connectivity index (χ1) is 8.77. The van der Waals surface area contributed by atoms with Crippen molar-refractivity contribution < 1.29 is 27.9 Å². The molecular formula is C10H10ClNO6S. The topological polar surface area (TPSA) is 110 Å². The minimum Gasteiger partial charge on any atom is -0.478 e. The van der Waals surface area contributed by atoms with E-state index in [4.69, 9.17) is 16.7 Å². The molecule has 0 spiro atoms. The van der Waals surface area contributed by atoms with Gasteiger partial charge >= 0.3 is 11.9 Å². The third-order valence-corrected chi connectivity index (χ3v) is 3.98. The number of carbonyl (C=O) groups is 2. The number of methoxy groups -OCH3 is 1. The summed E-state index contributed by atoms with van der Waals surface area (Å²) in [6.45, 7) is -0.577. The lowest BCUT2D eigenvalue weighted by Gasteiger charge is -2.08. The van der Waals surface area contributed by atoms with E-state index in [-0.39, 0.29) is 10.6 Å². The molecule has 0 aliphatic rings. The molecule has 0 bridgehead atoms. The Kier molecular flexibility index (Phi) is 4.87. The first-order valence-corrected chi connectivity index (χ1v) is 6.73. The van der Waals surface area contributed by atoms with Crippen LogP contribution in [0.1, 0.15) is 10.4 Å². The number of sulfonamides is 1. The van der Waals surface area contributed by atoms with Gasteiger partial charge < -0.3 is 9.84 Å². The number of benzene rings is 1. The average Bonchev–Trinajstić information content (AvgIpc) is 2.36. The van der Waals surface area contributed by atoms with Crippen LogP contribution in [-0.2, 0) is 19.6 Å². The summed E-state index contributed by atoms with van der Waals surface area (Å²) in [5.74, 6) is -2.07. The Balaban J connectivity index is 3.10. The molecule has 0 aliphatic carbocycles. The number of ether oxygens (including phenoxy) is 1. The number of esters is 1. The van der Waals surface area contributed by atoms with Gasteiger partial charge in [-0.2, -0.15) is 4.72 Å². The number of rotatable bonds is 5. The van der Waals surface area contributed by atoms with E-state index < -0.39 is 33.4 Å². The molecule has 9 heteroatoms. The van der Waals surface area contributed by atoms with Gasteiger partial charge in [0.15, 0.2) is 0 Å². The van der Waals surface area contributed by atoms with Gasteiger partial charge in [0.1, 0.15) is 11.4 Å². The summed E-state index contributed by atoms with van der Waals surface area (Å²) in [5, 5.41) is 8.64. The fourth-order valence-electron chi connectivity index (χ4n) is 1.15. The zero-order chi connectivity index (χ0) is 14.6. The summed E-state index contributed by atoms with van der Waals surface area (Å²) in [7, 11) is -2.99. The van der Waals surface area contributed by atoms with E-state index in [1.807, 2.05) is 4.72 Å². The van der Waals surface area contributed by atoms with Gasteiger partial charge in [0.05, 0.1) is 17.7 Å². The smallest absolute Gasteiger partial charge is 0.335 e. The number of carboxylic acid groups (broad SMARTS) is 1. The minimum absolute atomic E-state index is 0.151. The van der Waals surface area contributed by atoms with Gasteiger partial charge in [0.2, 0.25) is 10.0 Å². The van der Waals surface area contributed by atoms with Crippen LogP contribution in [0.15, 0.2) is 23.1 Å². The van der Waals surface area contributed by atoms with Crippen molar-refractivity contribution in [2.45, 2.75) is 4.90 Å². The quantitative estimate of drug-likeness (QED) is 0.766. The van der Waals surface area contributed by atoms with E-state index in [0.29, 0.717) is 0 Å². The maximum atomic E-state index is 11.9. The molecule has 1 rings (SSSR count). The van der Waals surface area contributed by atoms with Crippen LogP contribution in [0, 0.1) is 0 Å². The predicted octanol–water partition coefficient (Wildman–Crippen LogP) is 0.489. The Morgan fingerprint density at radius 1 is 1.42 bits per heavy atom. The second-order valence-corrected chi connectivity index (χ2v) is 5.49. The maximum Gasteiger partial charge on any atom is 0.335 e. The van der Waals surface area contributed by atoms with Crippen molar-refractivity contribution in [2.75, 3.05) is 13.7 Å². The van der Waals surface area contributed by atoms with Gasteiger partial charge in [-0.1, -0.05) is 11.6 Å². The van der Waals surface area contributed by atoms with Gasteiger partial charge in [-0.05, 0) is 18.2 Å². The largest absolute Gasteiger partial charge is 0.478 e. The van der Waals surface area contributed by atoms with Gasteiger partial charge in [-0.3, -0.25) is 4.79 Å². The number of halogens is 1. The van der Waals surface area contributed by atoms with Gasteiger partial charge in [0.25, 0.3) is 0 Å². The van der Waals surface area contributed by atoms with Crippen LogP contribution < -0.4 is 4.72 Å². The fraction of sp³-hybridized carbons (Fsp3) is 0.200. The highest BCUT2D eigenvalue weighted by molar-refractivity contribution is 7.89. The van der Waals surface area contributed by atoms with Gasteiger partial charge in [0, 0.05) is 0 Å². The van der Waals surface area contributed by atoms with Crippen molar-refractivity contribution in [1.29, 1.82) is 0 Å². The molecule has 7 nitrogen and oxygen atoms in total. The lowest BCUT2D eigenvalue weighted by molar-refractivity contribution is -0.139. The Hall–Kier alpha value is -1.64. The molecule has 0 atom stereocenters. The Bertz CT molecular complexity index is 612. The zero-order valence-corrected chi connectivity index (χ0v) is 11.3. The molecule has 19 heavy (non-hydrogen) atoms. The summed E-state index contributed by atoms with van der Waals surface area (Å²) in [6, 6.07) is 3.23. The number of hydrogen-bond acceptors (Lipinski definition) is 5.